The van der Waals surface area contributed by atoms with Gasteiger partial charge in [-0.05, 0) is 55.9 Å². The second-order valence-electron chi connectivity index (χ2n) is 11.7. The predicted octanol–water partition coefficient (Wildman–Crippen LogP) is 4.40. The Balaban J connectivity index is 1.39. The summed E-state index contributed by atoms with van der Waals surface area (Å²) in [6.07, 6.45) is 7.01. The molecule has 2 aromatic carbocycles. The van der Waals surface area contributed by atoms with Crippen LogP contribution in [0.5, 0.6) is 0 Å². The molecule has 1 aliphatic carbocycles. The second-order valence-corrected chi connectivity index (χ2v) is 11.7. The van der Waals surface area contributed by atoms with E-state index in [2.05, 4.69) is 21.1 Å². The van der Waals surface area contributed by atoms with Gasteiger partial charge in [0.05, 0.1) is 30.4 Å². The summed E-state index contributed by atoms with van der Waals surface area (Å²) in [4.78, 5) is 41.4. The minimum absolute atomic E-state index is 0.0889. The first-order valence-electron chi connectivity index (χ1n) is 15.2. The topological polar surface area (TPSA) is 117 Å². The zero-order valence-electron chi connectivity index (χ0n) is 24.6. The van der Waals surface area contributed by atoms with Crippen molar-refractivity contribution in [2.45, 2.75) is 76.4 Å². The molecule has 2 aliphatic rings. The van der Waals surface area contributed by atoms with Crippen molar-refractivity contribution < 1.29 is 23.3 Å². The van der Waals surface area contributed by atoms with E-state index >= 15 is 0 Å². The number of aromatic nitrogens is 1. The van der Waals surface area contributed by atoms with E-state index in [4.69, 9.17) is 4.52 Å². The number of hydrogen-bond donors (Lipinski definition) is 3. The number of carbonyl (C=O) groups excluding carboxylic acids is 3. The van der Waals surface area contributed by atoms with Crippen molar-refractivity contribution in [2.75, 3.05) is 19.6 Å². The summed E-state index contributed by atoms with van der Waals surface area (Å²) in [5.74, 6) is -0.827. The van der Waals surface area contributed by atoms with E-state index in [9.17, 15) is 18.8 Å². The van der Waals surface area contributed by atoms with Crippen molar-refractivity contribution in [3.63, 3.8) is 0 Å². The molecule has 2 bridgehead atoms. The molecule has 5 rings (SSSR count). The molecule has 9 nitrogen and oxygen atoms in total. The zero-order chi connectivity index (χ0) is 30.2. The van der Waals surface area contributed by atoms with Gasteiger partial charge >= 0.3 is 0 Å². The Bertz CT molecular complexity index is 1410. The maximum Gasteiger partial charge on any atom is 0.254 e. The lowest BCUT2D eigenvalue weighted by Gasteiger charge is -2.28. The van der Waals surface area contributed by atoms with Gasteiger partial charge in [0.2, 0.25) is 11.8 Å². The number of fused-ring (bicyclic) bond motifs is 2. The summed E-state index contributed by atoms with van der Waals surface area (Å²) in [5.41, 5.74) is 2.46. The van der Waals surface area contributed by atoms with Crippen LogP contribution in [-0.2, 0) is 22.6 Å². The largest absolute Gasteiger partial charge is 0.360 e. The predicted molar refractivity (Wildman–Crippen MR) is 160 cm³/mol. The van der Waals surface area contributed by atoms with E-state index < -0.39 is 29.7 Å². The number of halogens is 1. The van der Waals surface area contributed by atoms with E-state index in [-0.39, 0.29) is 18.0 Å². The van der Waals surface area contributed by atoms with Crippen molar-refractivity contribution in [3.05, 3.63) is 88.6 Å². The maximum absolute atomic E-state index is 14.6. The summed E-state index contributed by atoms with van der Waals surface area (Å²) in [7, 11) is 0. The van der Waals surface area contributed by atoms with E-state index in [1.165, 1.54) is 31.4 Å². The number of nitrogens with zero attached hydrogens (tertiary/aromatic N) is 2. The number of aryl methyl sites for hydroxylation is 1. The first-order valence-corrected chi connectivity index (χ1v) is 15.2. The molecule has 0 saturated heterocycles. The van der Waals surface area contributed by atoms with Gasteiger partial charge in [-0.1, -0.05) is 60.8 Å². The highest BCUT2D eigenvalue weighted by Gasteiger charge is 2.26. The number of benzene rings is 2. The van der Waals surface area contributed by atoms with Gasteiger partial charge in [0.25, 0.3) is 5.91 Å². The summed E-state index contributed by atoms with van der Waals surface area (Å²) >= 11 is 0. The monoisotopic (exact) mass is 589 g/mol. The Kier molecular flexibility index (Phi) is 10.2. The van der Waals surface area contributed by atoms with Crippen molar-refractivity contribution >= 4 is 17.7 Å². The Morgan fingerprint density at radius 1 is 0.977 bits per heavy atom. The summed E-state index contributed by atoms with van der Waals surface area (Å²) < 4.78 is 20.3. The van der Waals surface area contributed by atoms with Crippen LogP contribution in [0.15, 0.2) is 59.1 Å². The molecule has 10 heteroatoms. The third kappa shape index (κ3) is 8.28. The Labute approximate surface area is 251 Å². The molecule has 3 N–H and O–H groups in total. The van der Waals surface area contributed by atoms with Gasteiger partial charge in [-0.15, -0.1) is 0 Å². The highest BCUT2D eigenvalue weighted by Crippen LogP contribution is 2.32. The van der Waals surface area contributed by atoms with Crippen molar-refractivity contribution in [1.29, 1.82) is 0 Å². The Morgan fingerprint density at radius 2 is 1.77 bits per heavy atom. The highest BCUT2D eigenvalue weighted by atomic mass is 19.1. The van der Waals surface area contributed by atoms with Crippen LogP contribution in [0.25, 0.3) is 0 Å². The van der Waals surface area contributed by atoms with Crippen LogP contribution >= 0.6 is 0 Å². The minimum atomic E-state index is -0.929. The molecule has 0 unspecified atom stereocenters. The summed E-state index contributed by atoms with van der Waals surface area (Å²) in [6, 6.07) is 14.4. The Hall–Kier alpha value is -4.05. The van der Waals surface area contributed by atoms with Crippen molar-refractivity contribution in [3.8, 4) is 0 Å². The third-order valence-corrected chi connectivity index (χ3v) is 8.29. The smallest absolute Gasteiger partial charge is 0.254 e. The molecule has 2 heterocycles. The molecular formula is C33H40FN5O4. The van der Waals surface area contributed by atoms with Crippen LogP contribution in [0.4, 0.5) is 4.39 Å². The lowest BCUT2D eigenvalue weighted by atomic mass is 9.87. The second kappa shape index (κ2) is 14.4. The van der Waals surface area contributed by atoms with Crippen molar-refractivity contribution in [2.24, 2.45) is 0 Å². The fraction of sp³-hybridized carbons (Fsp3) is 0.455. The number of rotatable bonds is 4. The SMILES string of the molecule is C[C@H]1NC(=O)c2cc(ccc2F)CCCNC(=O)CN(Cc2cc(C3CCCCC3)no2)C[C@H](c2ccccc2)NC1=O. The molecule has 3 amide bonds. The summed E-state index contributed by atoms with van der Waals surface area (Å²) in [5, 5.41) is 13.0. The van der Waals surface area contributed by atoms with Gasteiger partial charge in [0, 0.05) is 25.1 Å². The van der Waals surface area contributed by atoms with Gasteiger partial charge in [-0.2, -0.15) is 0 Å². The van der Waals surface area contributed by atoms with E-state index in [0.717, 1.165) is 29.7 Å². The van der Waals surface area contributed by atoms with Gasteiger partial charge in [0.1, 0.15) is 11.9 Å². The van der Waals surface area contributed by atoms with Gasteiger partial charge in [0.15, 0.2) is 5.76 Å². The van der Waals surface area contributed by atoms with Crippen LogP contribution in [0.2, 0.25) is 0 Å². The van der Waals surface area contributed by atoms with Gasteiger partial charge < -0.3 is 20.5 Å². The van der Waals surface area contributed by atoms with Crippen LogP contribution < -0.4 is 16.0 Å². The lowest BCUT2D eigenvalue weighted by Crippen LogP contribution is -2.48. The van der Waals surface area contributed by atoms with E-state index in [0.29, 0.717) is 44.2 Å². The first kappa shape index (κ1) is 30.4. The molecule has 0 spiro atoms. The molecule has 0 radical (unpaired) electrons. The first-order chi connectivity index (χ1) is 20.9. The quantitative estimate of drug-likeness (QED) is 0.416. The highest BCUT2D eigenvalue weighted by molar-refractivity contribution is 5.97. The molecular weight excluding hydrogens is 549 g/mol. The summed E-state index contributed by atoms with van der Waals surface area (Å²) in [6.45, 7) is 2.72. The zero-order valence-corrected chi connectivity index (χ0v) is 24.6. The average Bonchev–Trinajstić information content (AvgIpc) is 3.48. The molecule has 2 atom stereocenters. The number of amides is 3. The number of hydrogen-bond acceptors (Lipinski definition) is 6. The van der Waals surface area contributed by atoms with E-state index in [1.807, 2.05) is 41.3 Å². The number of nitrogens with one attached hydrogen (secondary N) is 3. The molecule has 1 aliphatic heterocycles. The van der Waals surface area contributed by atoms with Crippen molar-refractivity contribution in [1.82, 2.24) is 26.0 Å². The van der Waals surface area contributed by atoms with Crippen LogP contribution in [0.1, 0.15) is 90.3 Å². The van der Waals surface area contributed by atoms with Crippen LogP contribution in [-0.4, -0.2) is 53.5 Å². The molecule has 3 aromatic rings. The fourth-order valence-corrected chi connectivity index (χ4v) is 5.90. The third-order valence-electron chi connectivity index (χ3n) is 8.29. The Morgan fingerprint density at radius 3 is 2.56 bits per heavy atom. The normalized spacial score (nSPS) is 21.9. The molecule has 228 valence electrons. The number of carbonyl (C=O) groups is 3. The van der Waals surface area contributed by atoms with Crippen LogP contribution in [0.3, 0.4) is 0 Å². The van der Waals surface area contributed by atoms with Gasteiger partial charge in [-0.25, -0.2) is 4.39 Å². The van der Waals surface area contributed by atoms with Gasteiger partial charge in [-0.3, -0.25) is 19.3 Å². The van der Waals surface area contributed by atoms with E-state index in [1.54, 1.807) is 13.0 Å². The standard InChI is InChI=1S/C33H40FN5O4/c1-22-32(41)37-30(25-12-6-3-7-13-25)20-39(19-26-18-29(38-43-26)24-10-4-2-5-11-24)21-31(40)35-16-8-9-23-14-15-28(34)27(17-23)33(42)36-22/h3,6-7,12-15,17-18,22,24,30H,2,4-5,8-11,16,19-21H2,1H3,(H,35,40)(H,36,42)(H,37,41)/t22-,30-/m1/s1. The molecule has 1 fully saturated rings. The average molecular weight is 590 g/mol. The minimum Gasteiger partial charge on any atom is -0.360 e. The lowest BCUT2D eigenvalue weighted by molar-refractivity contribution is -0.123. The molecule has 1 aromatic heterocycles. The fourth-order valence-electron chi connectivity index (χ4n) is 5.90. The molecule has 43 heavy (non-hydrogen) atoms. The maximum atomic E-state index is 14.6. The van der Waals surface area contributed by atoms with Crippen LogP contribution in [0, 0.1) is 5.82 Å². The molecule has 1 saturated carbocycles.